The Hall–Kier alpha value is -1.22. The lowest BCUT2D eigenvalue weighted by molar-refractivity contribution is 0.0586. The van der Waals surface area contributed by atoms with Gasteiger partial charge >= 0.3 is 0 Å². The molecule has 120 valence electrons. The maximum atomic E-state index is 10.2. The Morgan fingerprint density at radius 1 is 1.27 bits per heavy atom. The van der Waals surface area contributed by atoms with Crippen molar-refractivity contribution in [1.82, 2.24) is 0 Å². The molecular weight excluding hydrogens is 276 g/mol. The first-order valence-corrected chi connectivity index (χ1v) is 8.59. The molecule has 0 bridgehead atoms. The average molecular weight is 302 g/mol. The van der Waals surface area contributed by atoms with Crippen LogP contribution in [-0.2, 0) is 6.42 Å². The van der Waals surface area contributed by atoms with Crippen molar-refractivity contribution < 1.29 is 14.9 Å². The van der Waals surface area contributed by atoms with E-state index in [-0.39, 0.29) is 6.10 Å². The van der Waals surface area contributed by atoms with Gasteiger partial charge in [0.1, 0.15) is 11.5 Å². The van der Waals surface area contributed by atoms with E-state index in [9.17, 15) is 10.2 Å². The lowest BCUT2D eigenvalue weighted by Gasteiger charge is -2.49. The van der Waals surface area contributed by atoms with E-state index in [2.05, 4.69) is 6.92 Å². The average Bonchev–Trinajstić information content (AvgIpc) is 2.80. The minimum atomic E-state index is -0.114. The van der Waals surface area contributed by atoms with Crippen molar-refractivity contribution in [2.45, 2.75) is 57.5 Å². The highest BCUT2D eigenvalue weighted by atomic mass is 16.5. The van der Waals surface area contributed by atoms with E-state index < -0.39 is 0 Å². The summed E-state index contributed by atoms with van der Waals surface area (Å²) in [5.74, 6) is 2.98. The Morgan fingerprint density at radius 3 is 2.86 bits per heavy atom. The number of ether oxygens (including phenoxy) is 1. The summed E-state index contributed by atoms with van der Waals surface area (Å²) >= 11 is 0. The zero-order valence-corrected chi connectivity index (χ0v) is 13.5. The molecule has 0 aliphatic heterocycles. The van der Waals surface area contributed by atoms with Crippen molar-refractivity contribution in [3.63, 3.8) is 0 Å². The first-order chi connectivity index (χ1) is 10.5. The summed E-state index contributed by atoms with van der Waals surface area (Å²) in [5.41, 5.74) is 2.92. The zero-order chi connectivity index (χ0) is 15.5. The number of phenolic OH excluding ortho intramolecular Hbond substituents is 1. The Balaban J connectivity index is 1.75. The number of benzene rings is 1. The lowest BCUT2D eigenvalue weighted by Crippen LogP contribution is -2.39. The van der Waals surface area contributed by atoms with Gasteiger partial charge in [-0.25, -0.2) is 0 Å². The van der Waals surface area contributed by atoms with Gasteiger partial charge in [-0.15, -0.1) is 0 Å². The third-order valence-electron chi connectivity index (χ3n) is 6.73. The molecule has 2 N–H and O–H groups in total. The quantitative estimate of drug-likeness (QED) is 0.833. The van der Waals surface area contributed by atoms with Gasteiger partial charge in [0.25, 0.3) is 0 Å². The second kappa shape index (κ2) is 4.89. The molecule has 5 atom stereocenters. The van der Waals surface area contributed by atoms with Crippen LogP contribution in [0.3, 0.4) is 0 Å². The largest absolute Gasteiger partial charge is 0.508 e. The third-order valence-corrected chi connectivity index (χ3v) is 6.73. The Bertz CT molecular complexity index is 579. The number of methoxy groups -OCH3 is 1. The van der Waals surface area contributed by atoms with Crippen LogP contribution in [0.1, 0.15) is 56.1 Å². The van der Waals surface area contributed by atoms with Crippen molar-refractivity contribution in [3.05, 3.63) is 23.3 Å². The fraction of sp³-hybridized carbons (Fsp3) is 0.684. The van der Waals surface area contributed by atoms with E-state index in [4.69, 9.17) is 4.74 Å². The third kappa shape index (κ3) is 1.98. The number of hydrogen-bond donors (Lipinski definition) is 2. The molecule has 0 amide bonds. The predicted octanol–water partition coefficient (Wildman–Crippen LogP) is 3.62. The van der Waals surface area contributed by atoms with E-state index in [1.807, 2.05) is 6.07 Å². The van der Waals surface area contributed by atoms with Crippen LogP contribution in [0.25, 0.3) is 0 Å². The number of aryl methyl sites for hydroxylation is 1. The summed E-state index contributed by atoms with van der Waals surface area (Å²) < 4.78 is 5.59. The summed E-state index contributed by atoms with van der Waals surface area (Å²) in [6.45, 7) is 2.38. The molecule has 0 spiro atoms. The second-order valence-corrected chi connectivity index (χ2v) is 7.92. The number of phenols is 1. The molecule has 3 aliphatic rings. The van der Waals surface area contributed by atoms with Crippen LogP contribution in [0.4, 0.5) is 0 Å². The summed E-state index contributed by atoms with van der Waals surface area (Å²) in [6, 6.07) is 3.68. The maximum absolute atomic E-state index is 10.2. The standard InChI is InChI=1S/C19H26O3/c1-19-6-5-15-14(16(19)8-13(21)10-19)4-3-11-7-12(20)9-17(22-2)18(11)15/h7,9,13-16,20-21H,3-6,8,10H2,1-2H3/t13-,14?,15?,16?,19+/m0/s1. The van der Waals surface area contributed by atoms with Crippen LogP contribution >= 0.6 is 0 Å². The molecule has 0 radical (unpaired) electrons. The van der Waals surface area contributed by atoms with Gasteiger partial charge in [-0.2, -0.15) is 0 Å². The SMILES string of the molecule is COc1cc(O)cc2c1C1CC[C@]3(C)C[C@@H](O)CC3C1CC2. The molecule has 3 heteroatoms. The van der Waals surface area contributed by atoms with Crippen molar-refractivity contribution in [1.29, 1.82) is 0 Å². The number of rotatable bonds is 1. The fourth-order valence-corrected chi connectivity index (χ4v) is 5.86. The number of hydrogen-bond acceptors (Lipinski definition) is 3. The molecule has 0 heterocycles. The Morgan fingerprint density at radius 2 is 2.09 bits per heavy atom. The highest BCUT2D eigenvalue weighted by Gasteiger charge is 2.53. The van der Waals surface area contributed by atoms with Gasteiger partial charge in [0.2, 0.25) is 0 Å². The predicted molar refractivity (Wildman–Crippen MR) is 85.3 cm³/mol. The first kappa shape index (κ1) is 14.4. The Labute approximate surface area is 132 Å². The minimum Gasteiger partial charge on any atom is -0.508 e. The molecule has 0 aromatic heterocycles. The van der Waals surface area contributed by atoms with E-state index in [1.54, 1.807) is 13.2 Å². The minimum absolute atomic E-state index is 0.114. The van der Waals surface area contributed by atoms with Gasteiger partial charge in [0, 0.05) is 11.6 Å². The molecule has 4 rings (SSSR count). The van der Waals surface area contributed by atoms with Crippen LogP contribution in [0.5, 0.6) is 11.5 Å². The fourth-order valence-electron chi connectivity index (χ4n) is 5.86. The molecule has 3 nitrogen and oxygen atoms in total. The second-order valence-electron chi connectivity index (χ2n) is 7.92. The molecule has 1 aromatic rings. The van der Waals surface area contributed by atoms with Crippen molar-refractivity contribution in [2.75, 3.05) is 7.11 Å². The van der Waals surface area contributed by atoms with Crippen molar-refractivity contribution >= 4 is 0 Å². The first-order valence-electron chi connectivity index (χ1n) is 8.59. The molecule has 3 unspecified atom stereocenters. The van der Waals surface area contributed by atoms with Crippen molar-refractivity contribution in [2.24, 2.45) is 17.3 Å². The number of fused-ring (bicyclic) bond motifs is 5. The van der Waals surface area contributed by atoms with Gasteiger partial charge in [-0.05, 0) is 73.3 Å². The number of aliphatic hydroxyl groups is 1. The molecule has 2 saturated carbocycles. The van der Waals surface area contributed by atoms with Crippen LogP contribution in [0.15, 0.2) is 12.1 Å². The van der Waals surface area contributed by atoms with E-state index >= 15 is 0 Å². The van der Waals surface area contributed by atoms with Crippen LogP contribution in [0.2, 0.25) is 0 Å². The van der Waals surface area contributed by atoms with Gasteiger partial charge in [-0.3, -0.25) is 0 Å². The molecule has 1 aromatic carbocycles. The van der Waals surface area contributed by atoms with E-state index in [0.29, 0.717) is 28.9 Å². The molecule has 3 aliphatic carbocycles. The summed E-state index contributed by atoms with van der Waals surface area (Å²) in [4.78, 5) is 0. The smallest absolute Gasteiger partial charge is 0.126 e. The number of aromatic hydroxyl groups is 1. The normalized spacial score (nSPS) is 39.8. The monoisotopic (exact) mass is 302 g/mol. The topological polar surface area (TPSA) is 49.7 Å². The van der Waals surface area contributed by atoms with Gasteiger partial charge in [0.05, 0.1) is 13.2 Å². The van der Waals surface area contributed by atoms with E-state index in [1.165, 1.54) is 30.4 Å². The molecule has 2 fully saturated rings. The molecular formula is C19H26O3. The summed E-state index contributed by atoms with van der Waals surface area (Å²) in [5, 5.41) is 20.1. The van der Waals surface area contributed by atoms with Crippen LogP contribution < -0.4 is 4.74 Å². The van der Waals surface area contributed by atoms with Crippen LogP contribution in [0, 0.1) is 17.3 Å². The van der Waals surface area contributed by atoms with Crippen LogP contribution in [-0.4, -0.2) is 23.4 Å². The molecule has 0 saturated heterocycles. The zero-order valence-electron chi connectivity index (χ0n) is 13.5. The van der Waals surface area contributed by atoms with Crippen molar-refractivity contribution in [3.8, 4) is 11.5 Å². The highest BCUT2D eigenvalue weighted by molar-refractivity contribution is 5.50. The van der Waals surface area contributed by atoms with Gasteiger partial charge in [0.15, 0.2) is 0 Å². The van der Waals surface area contributed by atoms with E-state index in [0.717, 1.165) is 25.0 Å². The lowest BCUT2D eigenvalue weighted by atomic mass is 9.56. The van der Waals surface area contributed by atoms with Gasteiger partial charge < -0.3 is 14.9 Å². The number of aliphatic hydroxyl groups excluding tert-OH is 1. The maximum Gasteiger partial charge on any atom is 0.126 e. The summed E-state index contributed by atoms with van der Waals surface area (Å²) in [7, 11) is 1.70. The highest BCUT2D eigenvalue weighted by Crippen LogP contribution is 2.61. The molecule has 22 heavy (non-hydrogen) atoms. The van der Waals surface area contributed by atoms with Gasteiger partial charge in [-0.1, -0.05) is 6.92 Å². The summed E-state index contributed by atoms with van der Waals surface area (Å²) in [6.07, 6.45) is 6.39. The Kier molecular flexibility index (Phi) is 3.19.